The highest BCUT2D eigenvalue weighted by molar-refractivity contribution is 5.94. The zero-order valence-electron chi connectivity index (χ0n) is 17.4. The fraction of sp³-hybridized carbons (Fsp3) is 0.348. The Balaban J connectivity index is 1.47. The Morgan fingerprint density at radius 1 is 1.09 bits per heavy atom. The molecule has 1 aliphatic heterocycles. The topological polar surface area (TPSA) is 56.1 Å². The van der Waals surface area contributed by atoms with Gasteiger partial charge in [0.15, 0.2) is 11.5 Å². The lowest BCUT2D eigenvalue weighted by atomic mass is 10.0. The van der Waals surface area contributed by atoms with E-state index in [0.717, 1.165) is 29.7 Å². The summed E-state index contributed by atoms with van der Waals surface area (Å²) >= 11 is 0. The molecule has 0 saturated carbocycles. The van der Waals surface area contributed by atoms with Crippen LogP contribution in [0.5, 0.6) is 0 Å². The maximum absolute atomic E-state index is 13.4. The maximum Gasteiger partial charge on any atom is 0.416 e. The summed E-state index contributed by atoms with van der Waals surface area (Å²) in [5.74, 6) is -0.189. The fourth-order valence-electron chi connectivity index (χ4n) is 4.27. The summed E-state index contributed by atoms with van der Waals surface area (Å²) in [6, 6.07) is 12.5. The number of piperidine rings is 1. The first kappa shape index (κ1) is 22.0. The van der Waals surface area contributed by atoms with E-state index in [4.69, 9.17) is 0 Å². The molecule has 0 N–H and O–H groups in total. The van der Waals surface area contributed by atoms with Crippen molar-refractivity contribution in [3.63, 3.8) is 0 Å². The molecule has 1 saturated heterocycles. The van der Waals surface area contributed by atoms with E-state index >= 15 is 0 Å². The molecule has 9 heteroatoms. The number of fused-ring (bicyclic) bond motifs is 1. The minimum Gasteiger partial charge on any atom is -0.354 e. The molecule has 0 unspecified atom stereocenters. The molecular weight excluding hydrogens is 422 g/mol. The first-order chi connectivity index (χ1) is 15.3. The molecule has 2 heterocycles. The molecular formula is C23H21F4N5. The van der Waals surface area contributed by atoms with Gasteiger partial charge in [-0.25, -0.2) is 4.39 Å². The summed E-state index contributed by atoms with van der Waals surface area (Å²) in [6.07, 6.45) is -3.14. The minimum atomic E-state index is -4.60. The van der Waals surface area contributed by atoms with Gasteiger partial charge in [0.2, 0.25) is 0 Å². The number of nitriles is 1. The van der Waals surface area contributed by atoms with Crippen LogP contribution >= 0.6 is 0 Å². The largest absolute Gasteiger partial charge is 0.416 e. The summed E-state index contributed by atoms with van der Waals surface area (Å²) in [7, 11) is 1.79. The Hall–Kier alpha value is -3.25. The van der Waals surface area contributed by atoms with Gasteiger partial charge in [-0.3, -0.25) is 4.90 Å². The molecule has 0 radical (unpaired) electrons. The zero-order valence-corrected chi connectivity index (χ0v) is 17.4. The highest BCUT2D eigenvalue weighted by atomic mass is 19.4. The molecule has 1 fully saturated rings. The van der Waals surface area contributed by atoms with Gasteiger partial charge in [0.05, 0.1) is 5.56 Å². The van der Waals surface area contributed by atoms with E-state index in [0.29, 0.717) is 25.0 Å². The average molecular weight is 443 g/mol. The lowest BCUT2D eigenvalue weighted by molar-refractivity contribution is -0.138. The quantitative estimate of drug-likeness (QED) is 0.545. The van der Waals surface area contributed by atoms with E-state index in [9.17, 15) is 22.8 Å². The Bertz CT molecular complexity index is 1160. The van der Waals surface area contributed by atoms with Crippen molar-refractivity contribution in [2.75, 3.05) is 25.0 Å². The number of alkyl halides is 3. The van der Waals surface area contributed by atoms with Crippen molar-refractivity contribution in [1.82, 2.24) is 15.1 Å². The van der Waals surface area contributed by atoms with E-state index in [1.807, 2.05) is 29.2 Å². The lowest BCUT2D eigenvalue weighted by Gasteiger charge is -2.37. The van der Waals surface area contributed by atoms with E-state index < -0.39 is 17.6 Å². The molecule has 1 aliphatic rings. The molecule has 4 rings (SSSR count). The molecule has 0 amide bonds. The number of hydrogen-bond acceptors (Lipinski definition) is 5. The van der Waals surface area contributed by atoms with E-state index in [2.05, 4.69) is 21.2 Å². The molecule has 2 aromatic carbocycles. The molecule has 5 nitrogen and oxygen atoms in total. The highest BCUT2D eigenvalue weighted by Gasteiger charge is 2.34. The van der Waals surface area contributed by atoms with Gasteiger partial charge >= 0.3 is 6.18 Å². The van der Waals surface area contributed by atoms with Crippen LogP contribution in [-0.2, 0) is 12.7 Å². The summed E-state index contributed by atoms with van der Waals surface area (Å²) < 4.78 is 53.3. The van der Waals surface area contributed by atoms with Gasteiger partial charge in [-0.05, 0) is 37.6 Å². The van der Waals surface area contributed by atoms with Crippen LogP contribution in [-0.4, -0.2) is 41.3 Å². The molecule has 0 atom stereocenters. The minimum absolute atomic E-state index is 0.0628. The summed E-state index contributed by atoms with van der Waals surface area (Å²) in [5.41, 5.74) is -0.590. The van der Waals surface area contributed by atoms with Crippen molar-refractivity contribution in [2.45, 2.75) is 31.6 Å². The van der Waals surface area contributed by atoms with Crippen molar-refractivity contribution in [2.24, 2.45) is 0 Å². The maximum atomic E-state index is 13.4. The third-order valence-corrected chi connectivity index (χ3v) is 5.96. The monoisotopic (exact) mass is 443 g/mol. The second-order valence-corrected chi connectivity index (χ2v) is 7.96. The van der Waals surface area contributed by atoms with Gasteiger partial charge in [0.25, 0.3) is 0 Å². The molecule has 0 spiro atoms. The molecule has 3 aromatic rings. The summed E-state index contributed by atoms with van der Waals surface area (Å²) in [6.45, 7) is 1.41. The molecule has 32 heavy (non-hydrogen) atoms. The lowest BCUT2D eigenvalue weighted by Crippen LogP contribution is -2.43. The number of hydrogen-bond donors (Lipinski definition) is 0. The Kier molecular flexibility index (Phi) is 5.98. The van der Waals surface area contributed by atoms with Crippen LogP contribution in [0.25, 0.3) is 10.8 Å². The van der Waals surface area contributed by atoms with E-state index in [-0.39, 0.29) is 23.8 Å². The average Bonchev–Trinajstić information content (AvgIpc) is 2.79. The third-order valence-electron chi connectivity index (χ3n) is 5.96. The predicted molar refractivity (Wildman–Crippen MR) is 112 cm³/mol. The van der Waals surface area contributed by atoms with Crippen molar-refractivity contribution in [3.05, 3.63) is 65.1 Å². The first-order valence-electron chi connectivity index (χ1n) is 10.2. The van der Waals surface area contributed by atoms with Crippen LogP contribution in [0.3, 0.4) is 0 Å². The van der Waals surface area contributed by atoms with Crippen molar-refractivity contribution in [1.29, 1.82) is 5.26 Å². The van der Waals surface area contributed by atoms with Crippen molar-refractivity contribution < 1.29 is 17.6 Å². The van der Waals surface area contributed by atoms with E-state index in [1.165, 1.54) is 6.07 Å². The second kappa shape index (κ2) is 8.71. The van der Waals surface area contributed by atoms with Crippen LogP contribution in [0, 0.1) is 17.1 Å². The third kappa shape index (κ3) is 4.36. The number of halogens is 4. The number of aromatic nitrogens is 2. The van der Waals surface area contributed by atoms with E-state index in [1.54, 1.807) is 7.05 Å². The number of rotatable bonds is 4. The van der Waals surface area contributed by atoms with Gasteiger partial charge in [0.1, 0.15) is 11.9 Å². The van der Waals surface area contributed by atoms with Gasteiger partial charge in [-0.15, -0.1) is 10.2 Å². The fourth-order valence-corrected chi connectivity index (χ4v) is 4.27. The highest BCUT2D eigenvalue weighted by Crippen LogP contribution is 2.34. The van der Waals surface area contributed by atoms with Crippen LogP contribution < -0.4 is 4.90 Å². The van der Waals surface area contributed by atoms with Crippen molar-refractivity contribution >= 4 is 16.6 Å². The molecule has 166 valence electrons. The van der Waals surface area contributed by atoms with Gasteiger partial charge in [-0.2, -0.15) is 18.4 Å². The van der Waals surface area contributed by atoms with Crippen molar-refractivity contribution in [3.8, 4) is 6.07 Å². The summed E-state index contributed by atoms with van der Waals surface area (Å²) in [4.78, 5) is 3.99. The molecule has 0 bridgehead atoms. The van der Waals surface area contributed by atoms with Gasteiger partial charge < -0.3 is 4.90 Å². The Morgan fingerprint density at radius 2 is 1.78 bits per heavy atom. The van der Waals surface area contributed by atoms with Crippen LogP contribution in [0.15, 0.2) is 42.5 Å². The molecule has 1 aromatic heterocycles. The number of nitrogens with zero attached hydrogens (tertiary/aromatic N) is 5. The van der Waals surface area contributed by atoms with Gasteiger partial charge in [0, 0.05) is 36.4 Å². The normalized spacial score (nSPS) is 15.3. The SMILES string of the molecule is CN(Cc1ccc(F)cc1C(F)(F)F)C1CCN(c2nnc(C#N)c3ccccc23)CC1. The van der Waals surface area contributed by atoms with Gasteiger partial charge in [-0.1, -0.05) is 30.3 Å². The Morgan fingerprint density at radius 3 is 2.44 bits per heavy atom. The summed E-state index contributed by atoms with van der Waals surface area (Å²) in [5, 5.41) is 19.2. The molecule has 0 aliphatic carbocycles. The second-order valence-electron chi connectivity index (χ2n) is 7.96. The number of anilines is 1. The van der Waals surface area contributed by atoms with Crippen LogP contribution in [0.1, 0.15) is 29.7 Å². The first-order valence-corrected chi connectivity index (χ1v) is 10.2. The number of benzene rings is 2. The van der Waals surface area contributed by atoms with Crippen LogP contribution in [0.2, 0.25) is 0 Å². The smallest absolute Gasteiger partial charge is 0.354 e. The predicted octanol–water partition coefficient (Wildman–Crippen LogP) is 4.76. The zero-order chi connectivity index (χ0) is 22.9. The Labute approximate surface area is 182 Å². The van der Waals surface area contributed by atoms with Crippen LogP contribution in [0.4, 0.5) is 23.4 Å². The standard InChI is InChI=1S/C23H21F4N5/c1-31(14-15-6-7-16(24)12-20(15)23(25,26)27)17-8-10-32(11-9-17)22-19-5-3-2-4-18(19)21(13-28)29-30-22/h2-7,12,17H,8-11,14H2,1H3.